The lowest BCUT2D eigenvalue weighted by molar-refractivity contribution is 0.0943. The second kappa shape index (κ2) is 10.3. The Morgan fingerprint density at radius 2 is 1.79 bits per heavy atom. The number of carbonyl (C=O) groups is 1. The third-order valence-corrected chi connectivity index (χ3v) is 6.39. The number of rotatable bonds is 7. The van der Waals surface area contributed by atoms with Crippen molar-refractivity contribution in [3.8, 4) is 11.4 Å². The zero-order valence-electron chi connectivity index (χ0n) is 19.0. The molecule has 0 saturated carbocycles. The van der Waals surface area contributed by atoms with Gasteiger partial charge in [-0.25, -0.2) is 4.98 Å². The van der Waals surface area contributed by atoms with Crippen molar-refractivity contribution in [2.24, 2.45) is 0 Å². The van der Waals surface area contributed by atoms with E-state index in [0.29, 0.717) is 43.8 Å². The van der Waals surface area contributed by atoms with Gasteiger partial charge in [0, 0.05) is 22.4 Å². The Balaban J connectivity index is 1.81. The number of fused-ring (bicyclic) bond motifs is 1. The van der Waals surface area contributed by atoms with E-state index >= 15 is 0 Å². The SMILES string of the molecule is COc1ccc(-n2c(SCc3ccc(Cl)cc3)nc3cc(C(=O)NC(C)C)ccc3c2=O)cc1. The molecule has 0 aliphatic carbocycles. The van der Waals surface area contributed by atoms with Gasteiger partial charge in [0.15, 0.2) is 5.16 Å². The Hall–Kier alpha value is -3.29. The molecular weight excluding hydrogens is 470 g/mol. The average Bonchev–Trinajstić information content (AvgIpc) is 2.83. The van der Waals surface area contributed by atoms with Crippen LogP contribution in [0.15, 0.2) is 76.7 Å². The number of nitrogens with zero attached hydrogens (tertiary/aromatic N) is 2. The van der Waals surface area contributed by atoms with Crippen LogP contribution in [0.2, 0.25) is 5.02 Å². The second-order valence-electron chi connectivity index (χ2n) is 8.01. The highest BCUT2D eigenvalue weighted by atomic mass is 35.5. The first-order chi connectivity index (χ1) is 16.4. The molecule has 4 aromatic rings. The molecule has 3 aromatic carbocycles. The number of halogens is 1. The summed E-state index contributed by atoms with van der Waals surface area (Å²) in [4.78, 5) is 30.9. The summed E-state index contributed by atoms with van der Waals surface area (Å²) in [5.74, 6) is 1.09. The number of methoxy groups -OCH3 is 1. The van der Waals surface area contributed by atoms with E-state index in [1.165, 1.54) is 11.8 Å². The fraction of sp³-hybridized carbons (Fsp3) is 0.192. The summed E-state index contributed by atoms with van der Waals surface area (Å²) >= 11 is 7.45. The van der Waals surface area contributed by atoms with Crippen LogP contribution in [0.4, 0.5) is 0 Å². The maximum atomic E-state index is 13.6. The summed E-state index contributed by atoms with van der Waals surface area (Å²) in [7, 11) is 1.60. The van der Waals surface area contributed by atoms with Crippen molar-refractivity contribution in [1.82, 2.24) is 14.9 Å². The molecule has 0 aliphatic rings. The van der Waals surface area contributed by atoms with Crippen LogP contribution in [0.1, 0.15) is 29.8 Å². The Morgan fingerprint density at radius 1 is 1.09 bits per heavy atom. The number of carbonyl (C=O) groups excluding carboxylic acids is 1. The number of thioether (sulfide) groups is 1. The van der Waals surface area contributed by atoms with Gasteiger partial charge in [-0.2, -0.15) is 0 Å². The highest BCUT2D eigenvalue weighted by Crippen LogP contribution is 2.26. The van der Waals surface area contributed by atoms with Crippen molar-refractivity contribution in [3.63, 3.8) is 0 Å². The van der Waals surface area contributed by atoms with Crippen molar-refractivity contribution >= 4 is 40.2 Å². The molecule has 34 heavy (non-hydrogen) atoms. The first kappa shape index (κ1) is 23.9. The molecule has 0 spiro atoms. The van der Waals surface area contributed by atoms with Crippen LogP contribution >= 0.6 is 23.4 Å². The molecule has 1 N–H and O–H groups in total. The van der Waals surface area contributed by atoms with Gasteiger partial charge in [0.25, 0.3) is 11.5 Å². The van der Waals surface area contributed by atoms with Crippen LogP contribution in [0.25, 0.3) is 16.6 Å². The zero-order chi connectivity index (χ0) is 24.2. The number of hydrogen-bond donors (Lipinski definition) is 1. The van der Waals surface area contributed by atoms with E-state index in [0.717, 1.165) is 5.56 Å². The van der Waals surface area contributed by atoms with E-state index < -0.39 is 0 Å². The van der Waals surface area contributed by atoms with E-state index in [9.17, 15) is 9.59 Å². The van der Waals surface area contributed by atoms with Crippen LogP contribution in [-0.2, 0) is 5.75 Å². The van der Waals surface area contributed by atoms with Crippen LogP contribution in [0.3, 0.4) is 0 Å². The summed E-state index contributed by atoms with van der Waals surface area (Å²) in [5, 5.41) is 4.51. The third-order valence-electron chi connectivity index (χ3n) is 5.13. The molecule has 174 valence electrons. The summed E-state index contributed by atoms with van der Waals surface area (Å²) in [6.07, 6.45) is 0. The van der Waals surface area contributed by atoms with Gasteiger partial charge in [0.05, 0.1) is 23.7 Å². The lowest BCUT2D eigenvalue weighted by Gasteiger charge is -2.14. The standard InChI is InChI=1S/C26H24ClN3O3S/c1-16(2)28-24(31)18-6-13-22-23(14-18)29-26(34-15-17-4-7-19(27)8-5-17)30(25(22)32)20-9-11-21(33-3)12-10-20/h4-14,16H,15H2,1-3H3,(H,28,31). The molecule has 0 radical (unpaired) electrons. The van der Waals surface area contributed by atoms with Gasteiger partial charge in [-0.3, -0.25) is 14.2 Å². The normalized spacial score (nSPS) is 11.1. The molecule has 1 heterocycles. The Kier molecular flexibility index (Phi) is 7.24. The van der Waals surface area contributed by atoms with Crippen molar-refractivity contribution in [2.75, 3.05) is 7.11 Å². The smallest absolute Gasteiger partial charge is 0.266 e. The van der Waals surface area contributed by atoms with Crippen molar-refractivity contribution in [2.45, 2.75) is 30.8 Å². The maximum Gasteiger partial charge on any atom is 0.266 e. The monoisotopic (exact) mass is 493 g/mol. The molecule has 0 unspecified atom stereocenters. The molecule has 0 atom stereocenters. The van der Waals surface area contributed by atoms with Crippen LogP contribution in [0.5, 0.6) is 5.75 Å². The average molecular weight is 494 g/mol. The van der Waals surface area contributed by atoms with E-state index in [2.05, 4.69) is 5.32 Å². The van der Waals surface area contributed by atoms with Crippen LogP contribution < -0.4 is 15.6 Å². The van der Waals surface area contributed by atoms with Crippen molar-refractivity contribution in [1.29, 1.82) is 0 Å². The minimum Gasteiger partial charge on any atom is -0.497 e. The molecular formula is C26H24ClN3O3S. The Morgan fingerprint density at radius 3 is 2.44 bits per heavy atom. The van der Waals surface area contributed by atoms with E-state index in [-0.39, 0.29) is 17.5 Å². The second-order valence-corrected chi connectivity index (χ2v) is 9.39. The number of hydrogen-bond acceptors (Lipinski definition) is 5. The van der Waals surface area contributed by atoms with Gasteiger partial charge >= 0.3 is 0 Å². The largest absolute Gasteiger partial charge is 0.497 e. The summed E-state index contributed by atoms with van der Waals surface area (Å²) in [6, 6.07) is 19.8. The third kappa shape index (κ3) is 5.26. The molecule has 1 aromatic heterocycles. The molecule has 0 saturated heterocycles. The van der Waals surface area contributed by atoms with Gasteiger partial charge < -0.3 is 10.1 Å². The predicted molar refractivity (Wildman–Crippen MR) is 138 cm³/mol. The molecule has 0 fully saturated rings. The molecule has 1 amide bonds. The zero-order valence-corrected chi connectivity index (χ0v) is 20.6. The summed E-state index contributed by atoms with van der Waals surface area (Å²) in [5.41, 5.74) is 2.47. The fourth-order valence-electron chi connectivity index (χ4n) is 3.44. The molecule has 6 nitrogen and oxygen atoms in total. The van der Waals surface area contributed by atoms with Gasteiger partial charge in [-0.1, -0.05) is 35.5 Å². The van der Waals surface area contributed by atoms with E-state index in [4.69, 9.17) is 21.3 Å². The number of benzene rings is 3. The fourth-order valence-corrected chi connectivity index (χ4v) is 4.53. The molecule has 0 aliphatic heterocycles. The first-order valence-corrected chi connectivity index (χ1v) is 12.1. The lowest BCUT2D eigenvalue weighted by Crippen LogP contribution is -2.30. The Bertz CT molecular complexity index is 1380. The van der Waals surface area contributed by atoms with E-state index in [1.54, 1.807) is 42.0 Å². The molecule has 0 bridgehead atoms. The van der Waals surface area contributed by atoms with Crippen LogP contribution in [-0.4, -0.2) is 28.6 Å². The highest BCUT2D eigenvalue weighted by Gasteiger charge is 2.16. The Labute approximate surface area is 206 Å². The highest BCUT2D eigenvalue weighted by molar-refractivity contribution is 7.98. The molecule has 8 heteroatoms. The van der Waals surface area contributed by atoms with Gasteiger partial charge in [0.2, 0.25) is 0 Å². The minimum absolute atomic E-state index is 0.00437. The van der Waals surface area contributed by atoms with Gasteiger partial charge in [-0.05, 0) is 74.0 Å². The van der Waals surface area contributed by atoms with Crippen molar-refractivity contribution in [3.05, 3.63) is 93.2 Å². The predicted octanol–water partition coefficient (Wildman–Crippen LogP) is 5.48. The maximum absolute atomic E-state index is 13.6. The van der Waals surface area contributed by atoms with Crippen molar-refractivity contribution < 1.29 is 9.53 Å². The molecule has 4 rings (SSSR count). The quantitative estimate of drug-likeness (QED) is 0.272. The number of amides is 1. The lowest BCUT2D eigenvalue weighted by atomic mass is 10.1. The minimum atomic E-state index is -0.204. The first-order valence-electron chi connectivity index (χ1n) is 10.7. The van der Waals surface area contributed by atoms with Crippen LogP contribution in [0, 0.1) is 0 Å². The number of nitrogens with one attached hydrogen (secondary N) is 1. The summed E-state index contributed by atoms with van der Waals surface area (Å²) in [6.45, 7) is 3.80. The number of ether oxygens (including phenoxy) is 1. The van der Waals surface area contributed by atoms with Gasteiger partial charge in [0.1, 0.15) is 5.75 Å². The van der Waals surface area contributed by atoms with E-state index in [1.807, 2.05) is 50.2 Å². The topological polar surface area (TPSA) is 73.2 Å². The summed E-state index contributed by atoms with van der Waals surface area (Å²) < 4.78 is 6.85. The van der Waals surface area contributed by atoms with Gasteiger partial charge in [-0.15, -0.1) is 0 Å². The number of aromatic nitrogens is 2.